The summed E-state index contributed by atoms with van der Waals surface area (Å²) < 4.78 is 4.80. The minimum Gasteiger partial charge on any atom is -0.309 e. The van der Waals surface area contributed by atoms with E-state index in [1.165, 1.54) is 116 Å². The van der Waals surface area contributed by atoms with Crippen LogP contribution in [0.2, 0.25) is 0 Å². The van der Waals surface area contributed by atoms with Crippen LogP contribution < -0.4 is 0 Å². The summed E-state index contributed by atoms with van der Waals surface area (Å²) in [4.78, 5) is 0. The van der Waals surface area contributed by atoms with Crippen molar-refractivity contribution in [2.45, 2.75) is 0 Å². The molecule has 13 rings (SSSR count). The molecule has 0 saturated carbocycles. The smallest absolute Gasteiger partial charge is 0.0541 e. The summed E-state index contributed by atoms with van der Waals surface area (Å²) in [5, 5.41) is 5.01. The van der Waals surface area contributed by atoms with E-state index < -0.39 is 0 Å². The second-order valence-corrected chi connectivity index (χ2v) is 17.7. The van der Waals surface area contributed by atoms with Crippen LogP contribution in [-0.2, 0) is 0 Å². The highest BCUT2D eigenvalue weighted by molar-refractivity contribution is 6.12. The Labute approximate surface area is 395 Å². The van der Waals surface area contributed by atoms with Crippen molar-refractivity contribution >= 4 is 43.6 Å². The van der Waals surface area contributed by atoms with Gasteiger partial charge in [0.2, 0.25) is 0 Å². The third-order valence-corrected chi connectivity index (χ3v) is 13.7. The van der Waals surface area contributed by atoms with Gasteiger partial charge in [0, 0.05) is 32.9 Å². The van der Waals surface area contributed by atoms with E-state index in [-0.39, 0.29) is 0 Å². The van der Waals surface area contributed by atoms with E-state index in [9.17, 15) is 0 Å². The number of para-hydroxylation sites is 3. The van der Waals surface area contributed by atoms with Crippen molar-refractivity contribution in [2.75, 3.05) is 0 Å². The number of hydrogen-bond donors (Lipinski definition) is 0. The maximum absolute atomic E-state index is 2.43. The predicted octanol–water partition coefficient (Wildman–Crippen LogP) is 17.9. The molecule has 0 fully saturated rings. The first kappa shape index (κ1) is 39.4. The van der Waals surface area contributed by atoms with Gasteiger partial charge in [-0.05, 0) is 133 Å². The topological polar surface area (TPSA) is 9.86 Å². The van der Waals surface area contributed by atoms with Crippen LogP contribution in [0.15, 0.2) is 267 Å². The lowest BCUT2D eigenvalue weighted by Gasteiger charge is -2.14. The van der Waals surface area contributed by atoms with Gasteiger partial charge < -0.3 is 9.13 Å². The molecule has 0 aliphatic heterocycles. The number of hydrogen-bond acceptors (Lipinski definition) is 0. The fraction of sp³-hybridized carbons (Fsp3) is 0. The fourth-order valence-corrected chi connectivity index (χ4v) is 10.3. The van der Waals surface area contributed by atoms with E-state index in [2.05, 4.69) is 276 Å². The largest absolute Gasteiger partial charge is 0.309 e. The van der Waals surface area contributed by atoms with E-state index in [4.69, 9.17) is 0 Å². The van der Waals surface area contributed by atoms with Gasteiger partial charge in [-0.15, -0.1) is 0 Å². The molecule has 0 bridgehead atoms. The van der Waals surface area contributed by atoms with Crippen molar-refractivity contribution in [3.05, 3.63) is 267 Å². The Morgan fingerprint density at radius 1 is 0.162 bits per heavy atom. The molecule has 0 N–H and O–H groups in total. The molecule has 13 aromatic rings. The van der Waals surface area contributed by atoms with Crippen LogP contribution in [0, 0.1) is 0 Å². The van der Waals surface area contributed by atoms with Crippen LogP contribution >= 0.6 is 0 Å². The molecule has 0 aliphatic carbocycles. The lowest BCUT2D eigenvalue weighted by Crippen LogP contribution is -1.96. The third-order valence-electron chi connectivity index (χ3n) is 13.7. The van der Waals surface area contributed by atoms with Crippen LogP contribution in [0.25, 0.3) is 122 Å². The molecule has 0 saturated heterocycles. The maximum atomic E-state index is 2.43. The van der Waals surface area contributed by atoms with Crippen molar-refractivity contribution in [1.82, 2.24) is 9.13 Å². The maximum Gasteiger partial charge on any atom is 0.0541 e. The summed E-state index contributed by atoms with van der Waals surface area (Å²) in [6.45, 7) is 0. The number of rotatable bonds is 8. The van der Waals surface area contributed by atoms with E-state index in [1.54, 1.807) is 0 Å². The minimum absolute atomic E-state index is 1.15. The SMILES string of the molecule is c1ccc(-c2cc(-c3ccccc3)cc(-n3c4ccccc4c4cc(-c5ccc(-c6ccc(-c7ccc(-c8ccc9c(c8)c8ccccc8n9-c8ccccc8)cc7)cc6)cc5)ccc43)c2)cc1. The molecule has 2 heteroatoms. The van der Waals surface area contributed by atoms with Gasteiger partial charge in [-0.25, -0.2) is 0 Å². The van der Waals surface area contributed by atoms with Crippen molar-refractivity contribution in [1.29, 1.82) is 0 Å². The van der Waals surface area contributed by atoms with E-state index >= 15 is 0 Å². The van der Waals surface area contributed by atoms with E-state index in [0.29, 0.717) is 0 Å². The number of benzene rings is 11. The first-order valence-electron chi connectivity index (χ1n) is 23.4. The molecule has 0 aliphatic rings. The Balaban J connectivity index is 0.775. The molecule has 11 aromatic carbocycles. The zero-order valence-corrected chi connectivity index (χ0v) is 37.3. The Morgan fingerprint density at radius 2 is 0.456 bits per heavy atom. The molecule has 2 nitrogen and oxygen atoms in total. The van der Waals surface area contributed by atoms with Crippen molar-refractivity contribution < 1.29 is 0 Å². The van der Waals surface area contributed by atoms with Gasteiger partial charge in [0.25, 0.3) is 0 Å². The van der Waals surface area contributed by atoms with E-state index in [0.717, 1.165) is 5.69 Å². The normalized spacial score (nSPS) is 11.5. The molecule has 2 heterocycles. The van der Waals surface area contributed by atoms with Crippen LogP contribution in [-0.4, -0.2) is 9.13 Å². The third kappa shape index (κ3) is 6.90. The van der Waals surface area contributed by atoms with Gasteiger partial charge in [-0.1, -0.05) is 200 Å². The number of aromatic nitrogens is 2. The summed E-state index contributed by atoms with van der Waals surface area (Å²) in [6.07, 6.45) is 0. The number of nitrogens with zero attached hydrogens (tertiary/aromatic N) is 2. The molecule has 0 unspecified atom stereocenters. The standard InChI is InChI=1S/C66H44N2/c1-4-14-45(15-5-1)55-40-56(46-16-6-2-7-17-46)42-58(41-55)68-64-23-13-11-21-60(64)62-44-54(37-39-66(62)68)52-34-30-50(31-35-52)48-26-24-47(25-27-48)49-28-32-51(33-29-49)53-36-38-65-61(43-53)59-20-10-12-22-63(59)67(65)57-18-8-3-9-19-57/h1-44H. The molecule has 68 heavy (non-hydrogen) atoms. The summed E-state index contributed by atoms with van der Waals surface area (Å²) in [5.74, 6) is 0. The summed E-state index contributed by atoms with van der Waals surface area (Å²) in [6, 6.07) is 97.3. The molecule has 318 valence electrons. The number of fused-ring (bicyclic) bond motifs is 6. The monoisotopic (exact) mass is 864 g/mol. The predicted molar refractivity (Wildman–Crippen MR) is 288 cm³/mol. The fourth-order valence-electron chi connectivity index (χ4n) is 10.3. The second kappa shape index (κ2) is 16.5. The van der Waals surface area contributed by atoms with Gasteiger partial charge in [0.15, 0.2) is 0 Å². The summed E-state index contributed by atoms with van der Waals surface area (Å²) in [5.41, 5.74) is 21.6. The zero-order chi connectivity index (χ0) is 45.0. The molecule has 0 atom stereocenters. The van der Waals surface area contributed by atoms with Crippen molar-refractivity contribution in [3.8, 4) is 78.1 Å². The molecule has 2 aromatic heterocycles. The lowest BCUT2D eigenvalue weighted by atomic mass is 9.96. The van der Waals surface area contributed by atoms with Gasteiger partial charge in [-0.3, -0.25) is 0 Å². The Kier molecular flexibility index (Phi) is 9.54. The van der Waals surface area contributed by atoms with Gasteiger partial charge in [0.05, 0.1) is 22.1 Å². The highest BCUT2D eigenvalue weighted by Crippen LogP contribution is 2.39. The first-order valence-corrected chi connectivity index (χ1v) is 23.4. The molecule has 0 amide bonds. The van der Waals surface area contributed by atoms with Gasteiger partial charge >= 0.3 is 0 Å². The lowest BCUT2D eigenvalue weighted by molar-refractivity contribution is 1.18. The highest BCUT2D eigenvalue weighted by atomic mass is 15.0. The molecular formula is C66H44N2. The second-order valence-electron chi connectivity index (χ2n) is 17.7. The highest BCUT2D eigenvalue weighted by Gasteiger charge is 2.17. The Bertz CT molecular complexity index is 3900. The Morgan fingerprint density at radius 3 is 0.868 bits per heavy atom. The summed E-state index contributed by atoms with van der Waals surface area (Å²) in [7, 11) is 0. The van der Waals surface area contributed by atoms with E-state index in [1.807, 2.05) is 0 Å². The van der Waals surface area contributed by atoms with Crippen LogP contribution in [0.3, 0.4) is 0 Å². The first-order chi connectivity index (χ1) is 33.7. The molecule has 0 spiro atoms. The van der Waals surface area contributed by atoms with Gasteiger partial charge in [0.1, 0.15) is 0 Å². The van der Waals surface area contributed by atoms with Crippen LogP contribution in [0.4, 0.5) is 0 Å². The zero-order valence-electron chi connectivity index (χ0n) is 37.3. The Hall–Kier alpha value is -8.98. The van der Waals surface area contributed by atoms with Crippen LogP contribution in [0.1, 0.15) is 0 Å². The minimum atomic E-state index is 1.15. The van der Waals surface area contributed by atoms with Gasteiger partial charge in [-0.2, -0.15) is 0 Å². The molecular weight excluding hydrogens is 821 g/mol. The van der Waals surface area contributed by atoms with Crippen LogP contribution in [0.5, 0.6) is 0 Å². The summed E-state index contributed by atoms with van der Waals surface area (Å²) >= 11 is 0. The average molecular weight is 865 g/mol. The average Bonchev–Trinajstić information content (AvgIpc) is 3.94. The van der Waals surface area contributed by atoms with Crippen molar-refractivity contribution in [2.24, 2.45) is 0 Å². The molecule has 0 radical (unpaired) electrons. The van der Waals surface area contributed by atoms with Crippen molar-refractivity contribution in [3.63, 3.8) is 0 Å². The quantitative estimate of drug-likeness (QED) is 0.144.